The highest BCUT2D eigenvalue weighted by Crippen LogP contribution is 2.24. The summed E-state index contributed by atoms with van der Waals surface area (Å²) in [6.07, 6.45) is 3.42. The van der Waals surface area contributed by atoms with Crippen molar-refractivity contribution in [3.8, 4) is 11.1 Å². The van der Waals surface area contributed by atoms with Gasteiger partial charge in [0.25, 0.3) is 0 Å². The van der Waals surface area contributed by atoms with Gasteiger partial charge < -0.3 is 10.6 Å². The van der Waals surface area contributed by atoms with Crippen LogP contribution < -0.4 is 16.0 Å². The van der Waals surface area contributed by atoms with Crippen LogP contribution in [0, 0.1) is 6.92 Å². The summed E-state index contributed by atoms with van der Waals surface area (Å²) in [6.45, 7) is 2.00. The molecule has 4 aromatic rings. The SMILES string of the molecule is Cc1ccc(NC(=O)Nc2cc(-c3ccnc(Nc4ccccc4)c3)ccn2)cc1. The van der Waals surface area contributed by atoms with Crippen LogP contribution in [0.1, 0.15) is 5.56 Å². The number of carbonyl (C=O) groups is 1. The lowest BCUT2D eigenvalue weighted by Gasteiger charge is -2.10. The number of carbonyl (C=O) groups excluding carboxylic acids is 1. The minimum absolute atomic E-state index is 0.343. The van der Waals surface area contributed by atoms with Crippen molar-refractivity contribution in [2.75, 3.05) is 16.0 Å². The third-order valence-electron chi connectivity index (χ3n) is 4.45. The van der Waals surface area contributed by atoms with E-state index < -0.39 is 0 Å². The molecule has 2 heterocycles. The van der Waals surface area contributed by atoms with E-state index in [4.69, 9.17) is 0 Å². The highest BCUT2D eigenvalue weighted by atomic mass is 16.2. The number of aryl methyl sites for hydroxylation is 1. The number of benzene rings is 2. The minimum Gasteiger partial charge on any atom is -0.340 e. The fourth-order valence-electron chi connectivity index (χ4n) is 2.94. The van der Waals surface area contributed by atoms with Gasteiger partial charge in [-0.1, -0.05) is 35.9 Å². The lowest BCUT2D eigenvalue weighted by Crippen LogP contribution is -2.20. The van der Waals surface area contributed by atoms with E-state index in [-0.39, 0.29) is 6.03 Å². The fourth-order valence-corrected chi connectivity index (χ4v) is 2.94. The van der Waals surface area contributed by atoms with Gasteiger partial charge in [0.05, 0.1) is 0 Å². The maximum atomic E-state index is 12.3. The fraction of sp³-hybridized carbons (Fsp3) is 0.0417. The van der Waals surface area contributed by atoms with Gasteiger partial charge in [0.1, 0.15) is 11.6 Å². The zero-order valence-electron chi connectivity index (χ0n) is 16.5. The van der Waals surface area contributed by atoms with Crippen molar-refractivity contribution in [2.45, 2.75) is 6.92 Å². The van der Waals surface area contributed by atoms with Crippen molar-refractivity contribution in [3.63, 3.8) is 0 Å². The van der Waals surface area contributed by atoms with Crippen LogP contribution in [0.25, 0.3) is 11.1 Å². The summed E-state index contributed by atoms with van der Waals surface area (Å²) in [5.41, 5.74) is 4.71. The first-order valence-corrected chi connectivity index (χ1v) is 9.55. The van der Waals surface area contributed by atoms with Crippen LogP contribution in [0.5, 0.6) is 0 Å². The zero-order chi connectivity index (χ0) is 20.8. The number of para-hydroxylation sites is 1. The summed E-state index contributed by atoms with van der Waals surface area (Å²) < 4.78 is 0. The molecule has 6 heteroatoms. The maximum absolute atomic E-state index is 12.3. The summed E-state index contributed by atoms with van der Waals surface area (Å²) in [7, 11) is 0. The second kappa shape index (κ2) is 8.87. The van der Waals surface area contributed by atoms with Crippen LogP contribution >= 0.6 is 0 Å². The topological polar surface area (TPSA) is 78.9 Å². The Morgan fingerprint density at radius 3 is 2.03 bits per heavy atom. The van der Waals surface area contributed by atoms with Crippen molar-refractivity contribution in [2.24, 2.45) is 0 Å². The number of urea groups is 1. The van der Waals surface area contributed by atoms with E-state index in [1.54, 1.807) is 12.4 Å². The third kappa shape index (κ3) is 4.99. The predicted molar refractivity (Wildman–Crippen MR) is 121 cm³/mol. The van der Waals surface area contributed by atoms with Gasteiger partial charge in [0.15, 0.2) is 0 Å². The lowest BCUT2D eigenvalue weighted by molar-refractivity contribution is 0.262. The quantitative estimate of drug-likeness (QED) is 0.397. The molecule has 2 aromatic carbocycles. The second-order valence-corrected chi connectivity index (χ2v) is 6.80. The molecule has 0 radical (unpaired) electrons. The Balaban J connectivity index is 1.47. The third-order valence-corrected chi connectivity index (χ3v) is 4.45. The molecule has 0 bridgehead atoms. The number of amides is 2. The Morgan fingerprint density at radius 2 is 1.33 bits per heavy atom. The van der Waals surface area contributed by atoms with Crippen LogP contribution in [0.4, 0.5) is 27.8 Å². The highest BCUT2D eigenvalue weighted by Gasteiger charge is 2.07. The molecule has 0 saturated carbocycles. The lowest BCUT2D eigenvalue weighted by atomic mass is 10.1. The number of aromatic nitrogens is 2. The van der Waals surface area contributed by atoms with E-state index in [9.17, 15) is 4.79 Å². The largest absolute Gasteiger partial charge is 0.340 e. The summed E-state index contributed by atoms with van der Waals surface area (Å²) in [6, 6.07) is 24.7. The van der Waals surface area contributed by atoms with Gasteiger partial charge in [-0.3, -0.25) is 5.32 Å². The van der Waals surface area contributed by atoms with Crippen LogP contribution in [0.15, 0.2) is 91.3 Å². The van der Waals surface area contributed by atoms with Crippen LogP contribution in [-0.2, 0) is 0 Å². The van der Waals surface area contributed by atoms with E-state index in [1.807, 2.05) is 85.8 Å². The Kier molecular flexibility index (Phi) is 5.66. The molecule has 0 aliphatic rings. The molecule has 0 fully saturated rings. The Labute approximate surface area is 175 Å². The standard InChI is InChI=1S/C24H21N5O/c1-17-7-9-21(10-8-17)28-24(30)29-23-16-19(12-14-26-23)18-11-13-25-22(15-18)27-20-5-3-2-4-6-20/h2-16H,1H3,(H,25,27)(H2,26,28,29,30). The van der Waals surface area contributed by atoms with Gasteiger partial charge in [-0.15, -0.1) is 0 Å². The minimum atomic E-state index is -0.343. The average molecular weight is 395 g/mol. The van der Waals surface area contributed by atoms with Gasteiger partial charge in [-0.25, -0.2) is 14.8 Å². The van der Waals surface area contributed by atoms with Crippen LogP contribution in [0.2, 0.25) is 0 Å². The van der Waals surface area contributed by atoms with Crippen molar-refractivity contribution in [1.82, 2.24) is 9.97 Å². The number of nitrogens with one attached hydrogen (secondary N) is 3. The van der Waals surface area contributed by atoms with Gasteiger partial charge in [-0.2, -0.15) is 0 Å². The first-order valence-electron chi connectivity index (χ1n) is 9.55. The normalized spacial score (nSPS) is 10.3. The number of pyridine rings is 2. The van der Waals surface area contributed by atoms with Gasteiger partial charge in [-0.05, 0) is 66.6 Å². The smallest absolute Gasteiger partial charge is 0.324 e. The van der Waals surface area contributed by atoms with Crippen molar-refractivity contribution in [3.05, 3.63) is 96.8 Å². The number of hydrogen-bond acceptors (Lipinski definition) is 4. The molecule has 6 nitrogen and oxygen atoms in total. The molecule has 4 rings (SSSR count). The summed E-state index contributed by atoms with van der Waals surface area (Å²) >= 11 is 0. The molecule has 0 atom stereocenters. The van der Waals surface area contributed by atoms with E-state index in [0.717, 1.165) is 33.9 Å². The molecular formula is C24H21N5O. The Bertz CT molecular complexity index is 1140. The van der Waals surface area contributed by atoms with Crippen LogP contribution in [-0.4, -0.2) is 16.0 Å². The first-order chi connectivity index (χ1) is 14.7. The molecular weight excluding hydrogens is 374 g/mol. The molecule has 30 heavy (non-hydrogen) atoms. The zero-order valence-corrected chi connectivity index (χ0v) is 16.5. The average Bonchev–Trinajstić information content (AvgIpc) is 2.76. The summed E-state index contributed by atoms with van der Waals surface area (Å²) in [4.78, 5) is 20.9. The monoisotopic (exact) mass is 395 g/mol. The van der Waals surface area contributed by atoms with Crippen molar-refractivity contribution < 1.29 is 4.79 Å². The highest BCUT2D eigenvalue weighted by molar-refractivity contribution is 5.99. The molecule has 2 amide bonds. The molecule has 0 spiro atoms. The molecule has 0 saturated heterocycles. The van der Waals surface area contributed by atoms with Gasteiger partial charge in [0.2, 0.25) is 0 Å². The molecule has 148 valence electrons. The Hall–Kier alpha value is -4.19. The molecule has 0 unspecified atom stereocenters. The van der Waals surface area contributed by atoms with E-state index in [1.165, 1.54) is 0 Å². The molecule has 3 N–H and O–H groups in total. The second-order valence-electron chi connectivity index (χ2n) is 6.80. The molecule has 0 aliphatic carbocycles. The number of nitrogens with zero attached hydrogens (tertiary/aromatic N) is 2. The summed E-state index contributed by atoms with van der Waals surface area (Å²) in [5, 5.41) is 8.87. The number of rotatable bonds is 5. The van der Waals surface area contributed by atoms with Gasteiger partial charge in [0, 0.05) is 23.8 Å². The van der Waals surface area contributed by atoms with E-state index >= 15 is 0 Å². The first kappa shape index (κ1) is 19.1. The molecule has 2 aromatic heterocycles. The van der Waals surface area contributed by atoms with Crippen molar-refractivity contribution in [1.29, 1.82) is 0 Å². The van der Waals surface area contributed by atoms with Gasteiger partial charge >= 0.3 is 6.03 Å². The van der Waals surface area contributed by atoms with Crippen LogP contribution in [0.3, 0.4) is 0 Å². The number of hydrogen-bond donors (Lipinski definition) is 3. The maximum Gasteiger partial charge on any atom is 0.324 e. The van der Waals surface area contributed by atoms with E-state index in [2.05, 4.69) is 25.9 Å². The predicted octanol–water partition coefficient (Wildman–Crippen LogP) is 5.84. The summed E-state index contributed by atoms with van der Waals surface area (Å²) in [5.74, 6) is 1.20. The van der Waals surface area contributed by atoms with Crippen molar-refractivity contribution >= 4 is 29.0 Å². The number of anilines is 4. The van der Waals surface area contributed by atoms with E-state index in [0.29, 0.717) is 5.82 Å². The Morgan fingerprint density at radius 1 is 0.700 bits per heavy atom. The molecule has 0 aliphatic heterocycles.